The van der Waals surface area contributed by atoms with E-state index in [1.165, 1.54) is 70.6 Å². The van der Waals surface area contributed by atoms with E-state index in [0.717, 1.165) is 12.8 Å². The summed E-state index contributed by atoms with van der Waals surface area (Å²) in [6, 6.07) is -0.820. The Morgan fingerprint density at radius 3 is 1.69 bits per heavy atom. The summed E-state index contributed by atoms with van der Waals surface area (Å²) in [6.45, 7) is 2.92. The highest BCUT2D eigenvalue weighted by Crippen LogP contribution is 2.12. The van der Waals surface area contributed by atoms with Crippen LogP contribution in [-0.2, 0) is 14.4 Å². The molecule has 0 aliphatic carbocycles. The molecule has 35 heavy (non-hydrogen) atoms. The van der Waals surface area contributed by atoms with E-state index in [1.807, 2.05) is 0 Å². The molecule has 0 saturated carbocycles. The zero-order chi connectivity index (χ0) is 26.7. The van der Waals surface area contributed by atoms with Gasteiger partial charge in [0.05, 0.1) is 6.42 Å². The molecule has 0 saturated heterocycles. The lowest BCUT2D eigenvalue weighted by atomic mass is 10.0. The van der Waals surface area contributed by atoms with E-state index in [9.17, 15) is 14.4 Å². The Balaban J connectivity index is 0. The molecule has 0 aromatic heterocycles. The third-order valence-corrected chi connectivity index (χ3v) is 5.45. The number of hydrogen-bond donors (Lipinski definition) is 6. The monoisotopic (exact) mass is 501 g/mol. The number of nitrogens with zero attached hydrogens (tertiary/aromatic N) is 1. The second-order valence-electron chi connectivity index (χ2n) is 8.88. The lowest BCUT2D eigenvalue weighted by molar-refractivity contribution is -0.139. The topological polar surface area (TPSA) is 194 Å². The van der Waals surface area contributed by atoms with Crippen molar-refractivity contribution in [3.8, 4) is 0 Å². The van der Waals surface area contributed by atoms with Gasteiger partial charge in [0.1, 0.15) is 6.04 Å². The van der Waals surface area contributed by atoms with E-state index in [0.29, 0.717) is 25.8 Å². The molecule has 0 aromatic rings. The van der Waals surface area contributed by atoms with Crippen molar-refractivity contribution >= 4 is 23.8 Å². The summed E-state index contributed by atoms with van der Waals surface area (Å²) in [4.78, 5) is 35.6. The van der Waals surface area contributed by atoms with Crippen molar-refractivity contribution in [2.75, 3.05) is 13.1 Å². The van der Waals surface area contributed by atoms with Gasteiger partial charge in [-0.25, -0.2) is 0 Å². The summed E-state index contributed by atoms with van der Waals surface area (Å²) in [7, 11) is 0. The zero-order valence-electron chi connectivity index (χ0n) is 21.8. The molecule has 206 valence electrons. The number of rotatable bonds is 22. The van der Waals surface area contributed by atoms with Crippen LogP contribution in [0.3, 0.4) is 0 Å². The summed E-state index contributed by atoms with van der Waals surface area (Å²) in [5.41, 5.74) is 15.3. The van der Waals surface area contributed by atoms with Crippen molar-refractivity contribution in [1.82, 2.24) is 5.32 Å². The van der Waals surface area contributed by atoms with Crippen molar-refractivity contribution in [3.63, 3.8) is 0 Å². The third kappa shape index (κ3) is 31.6. The summed E-state index contributed by atoms with van der Waals surface area (Å²) >= 11 is 0. The number of hydrogen-bond acceptors (Lipinski definition) is 5. The molecule has 0 aromatic carbocycles. The van der Waals surface area contributed by atoms with E-state index >= 15 is 0 Å². The van der Waals surface area contributed by atoms with Crippen molar-refractivity contribution < 1.29 is 24.6 Å². The summed E-state index contributed by atoms with van der Waals surface area (Å²) in [5, 5.41) is 19.5. The van der Waals surface area contributed by atoms with Crippen LogP contribution in [0.4, 0.5) is 0 Å². The van der Waals surface area contributed by atoms with Gasteiger partial charge in [0.15, 0.2) is 5.96 Å². The van der Waals surface area contributed by atoms with Gasteiger partial charge in [-0.05, 0) is 19.3 Å². The highest BCUT2D eigenvalue weighted by molar-refractivity contribution is 5.76. The van der Waals surface area contributed by atoms with Gasteiger partial charge in [0.2, 0.25) is 5.91 Å². The largest absolute Gasteiger partial charge is 0.481 e. The van der Waals surface area contributed by atoms with Gasteiger partial charge < -0.3 is 32.7 Å². The number of amides is 1. The predicted octanol–water partition coefficient (Wildman–Crippen LogP) is 3.51. The zero-order valence-corrected chi connectivity index (χ0v) is 21.8. The van der Waals surface area contributed by atoms with E-state index < -0.39 is 18.0 Å². The Kier molecular flexibility index (Phi) is 26.1. The van der Waals surface area contributed by atoms with Gasteiger partial charge in [-0.3, -0.25) is 19.4 Å². The van der Waals surface area contributed by atoms with E-state index in [4.69, 9.17) is 27.4 Å². The van der Waals surface area contributed by atoms with Gasteiger partial charge >= 0.3 is 11.9 Å². The molecule has 0 bridgehead atoms. The number of carbonyl (C=O) groups is 3. The van der Waals surface area contributed by atoms with Crippen molar-refractivity contribution in [1.29, 1.82) is 0 Å². The number of unbranched alkanes of at least 4 members (excludes halogenated alkanes) is 12. The predicted molar refractivity (Wildman–Crippen MR) is 141 cm³/mol. The minimum atomic E-state index is -1.00. The minimum absolute atomic E-state index is 0.00431. The van der Waals surface area contributed by atoms with Crippen LogP contribution in [0.2, 0.25) is 0 Å². The average molecular weight is 502 g/mol. The van der Waals surface area contributed by atoms with Gasteiger partial charge in [-0.2, -0.15) is 0 Å². The van der Waals surface area contributed by atoms with Gasteiger partial charge in [-0.1, -0.05) is 84.0 Å². The van der Waals surface area contributed by atoms with Crippen LogP contribution in [0.25, 0.3) is 0 Å². The molecule has 9 N–H and O–H groups in total. The molecular formula is C25H51N5O5. The fourth-order valence-electron chi connectivity index (χ4n) is 3.34. The minimum Gasteiger partial charge on any atom is -0.481 e. The number of carbonyl (C=O) groups excluding carboxylic acids is 1. The molecule has 1 amide bonds. The second kappa shape index (κ2) is 26.2. The number of carboxylic acid groups (broad SMARTS) is 2. The van der Waals surface area contributed by atoms with Crippen LogP contribution < -0.4 is 22.5 Å². The van der Waals surface area contributed by atoms with Crippen molar-refractivity contribution in [3.05, 3.63) is 0 Å². The maximum Gasteiger partial charge on any atom is 0.320 e. The summed E-state index contributed by atoms with van der Waals surface area (Å²) in [5.74, 6) is -1.88. The molecular weight excluding hydrogens is 450 g/mol. The van der Waals surface area contributed by atoms with Gasteiger partial charge in [0, 0.05) is 19.5 Å². The first kappa shape index (κ1) is 34.8. The first-order valence-electron chi connectivity index (χ1n) is 13.2. The first-order valence-corrected chi connectivity index (χ1v) is 13.2. The molecule has 0 aliphatic rings. The van der Waals surface area contributed by atoms with Crippen LogP contribution in [0.1, 0.15) is 116 Å². The SMILES string of the molecule is CCCCCCCCCCCCCCCC(=O)NCCC(=O)O.NC(N)=NCCC[C@H](N)C(=O)O. The summed E-state index contributed by atoms with van der Waals surface area (Å²) in [6.07, 6.45) is 18.3. The fourth-order valence-corrected chi connectivity index (χ4v) is 3.34. The molecule has 0 radical (unpaired) electrons. The van der Waals surface area contributed by atoms with E-state index in [-0.39, 0.29) is 24.8 Å². The second-order valence-corrected chi connectivity index (χ2v) is 8.88. The Bertz CT molecular complexity index is 568. The third-order valence-electron chi connectivity index (χ3n) is 5.45. The van der Waals surface area contributed by atoms with Crippen molar-refractivity contribution in [2.45, 2.75) is 122 Å². The molecule has 10 nitrogen and oxygen atoms in total. The standard InChI is InChI=1S/C19H37NO3.C6H14N4O2/c1-2-3-4-5-6-7-8-9-10-11-12-13-14-15-18(21)20-17-16-19(22)23;7-4(5(11)12)2-1-3-10-6(8)9/h2-17H2,1H3,(H,20,21)(H,22,23);4H,1-3,7H2,(H,11,12)(H4,8,9,10)/t;4-/m.0/s1. The maximum absolute atomic E-state index is 11.4. The van der Waals surface area contributed by atoms with E-state index in [2.05, 4.69) is 17.2 Å². The van der Waals surface area contributed by atoms with E-state index in [1.54, 1.807) is 0 Å². The van der Waals surface area contributed by atoms with Crippen LogP contribution in [0, 0.1) is 0 Å². The van der Waals surface area contributed by atoms with Gasteiger partial charge in [-0.15, -0.1) is 0 Å². The Morgan fingerprint density at radius 1 is 0.771 bits per heavy atom. The smallest absolute Gasteiger partial charge is 0.320 e. The first-order chi connectivity index (χ1) is 16.7. The lowest BCUT2D eigenvalue weighted by Crippen LogP contribution is -2.30. The van der Waals surface area contributed by atoms with Gasteiger partial charge in [0.25, 0.3) is 0 Å². The molecule has 0 unspecified atom stereocenters. The summed E-state index contributed by atoms with van der Waals surface area (Å²) < 4.78 is 0. The number of aliphatic imine (C=N–C) groups is 1. The van der Waals surface area contributed by atoms with Crippen LogP contribution in [0.15, 0.2) is 4.99 Å². The highest BCUT2D eigenvalue weighted by Gasteiger charge is 2.09. The number of nitrogens with two attached hydrogens (primary N) is 3. The lowest BCUT2D eigenvalue weighted by Gasteiger charge is -2.04. The van der Waals surface area contributed by atoms with Crippen LogP contribution in [-0.4, -0.2) is 53.1 Å². The number of guanidine groups is 1. The number of carboxylic acids is 2. The molecule has 0 aliphatic heterocycles. The normalized spacial score (nSPS) is 11.1. The molecule has 0 heterocycles. The highest BCUT2D eigenvalue weighted by atomic mass is 16.4. The van der Waals surface area contributed by atoms with Crippen molar-refractivity contribution in [2.24, 2.45) is 22.2 Å². The Labute approximate surface area is 211 Å². The molecule has 0 spiro atoms. The Hall–Kier alpha value is -2.36. The van der Waals surface area contributed by atoms with Crippen LogP contribution >= 0.6 is 0 Å². The number of nitrogens with one attached hydrogen (secondary N) is 1. The molecule has 10 heteroatoms. The average Bonchev–Trinajstić information content (AvgIpc) is 2.79. The number of aliphatic carboxylic acids is 2. The molecule has 1 atom stereocenters. The molecule has 0 rings (SSSR count). The quantitative estimate of drug-likeness (QED) is 0.0736. The fraction of sp³-hybridized carbons (Fsp3) is 0.840. The molecule has 0 fully saturated rings. The Morgan fingerprint density at radius 2 is 1.26 bits per heavy atom. The maximum atomic E-state index is 11.4. The van der Waals surface area contributed by atoms with Crippen LogP contribution in [0.5, 0.6) is 0 Å².